The van der Waals surface area contributed by atoms with Gasteiger partial charge in [-0.2, -0.15) is 0 Å². The van der Waals surface area contributed by atoms with Gasteiger partial charge in [-0.3, -0.25) is 19.3 Å². The first kappa shape index (κ1) is 20.2. The van der Waals surface area contributed by atoms with Gasteiger partial charge in [0.05, 0.1) is 0 Å². The molecule has 3 amide bonds. The third-order valence-electron chi connectivity index (χ3n) is 5.37. The molecule has 0 spiro atoms. The van der Waals surface area contributed by atoms with Gasteiger partial charge in [-0.15, -0.1) is 0 Å². The molecular formula is C23H22ClN3O3. The lowest BCUT2D eigenvalue weighted by Crippen LogP contribution is -2.34. The van der Waals surface area contributed by atoms with Crippen LogP contribution in [0.1, 0.15) is 28.8 Å². The van der Waals surface area contributed by atoms with Gasteiger partial charge in [-0.1, -0.05) is 41.9 Å². The van der Waals surface area contributed by atoms with Crippen molar-refractivity contribution in [3.8, 4) is 0 Å². The molecule has 0 unspecified atom stereocenters. The van der Waals surface area contributed by atoms with Gasteiger partial charge < -0.3 is 10.2 Å². The zero-order valence-corrected chi connectivity index (χ0v) is 17.2. The predicted molar refractivity (Wildman–Crippen MR) is 115 cm³/mol. The molecule has 7 heteroatoms. The molecule has 0 saturated carbocycles. The Morgan fingerprint density at radius 1 is 0.933 bits per heavy atom. The van der Waals surface area contributed by atoms with Crippen LogP contribution in [0.15, 0.2) is 65.3 Å². The standard InChI is InChI=1S/C23H22ClN3O3/c24-19-20(23(30)27(22(19)29)15-12-16-6-2-1-3-7-16)25-18-10-8-17(9-11-18)21(28)26-13-4-5-14-26/h1-3,6-11,25H,4-5,12-15H2. The summed E-state index contributed by atoms with van der Waals surface area (Å²) < 4.78 is 0. The molecular weight excluding hydrogens is 402 g/mol. The second kappa shape index (κ2) is 8.71. The molecule has 4 rings (SSSR count). The van der Waals surface area contributed by atoms with Crippen LogP contribution in [-0.4, -0.2) is 47.2 Å². The average molecular weight is 424 g/mol. The van der Waals surface area contributed by atoms with Crippen LogP contribution >= 0.6 is 11.6 Å². The normalized spacial score (nSPS) is 16.6. The van der Waals surface area contributed by atoms with Crippen molar-refractivity contribution >= 4 is 35.0 Å². The summed E-state index contributed by atoms with van der Waals surface area (Å²) in [5.74, 6) is -0.936. The third-order valence-corrected chi connectivity index (χ3v) is 5.72. The molecule has 0 aromatic heterocycles. The van der Waals surface area contributed by atoms with Crippen LogP contribution in [0, 0.1) is 0 Å². The molecule has 2 aliphatic heterocycles. The number of likely N-dealkylation sites (tertiary alicyclic amines) is 1. The molecule has 1 saturated heterocycles. The first-order valence-electron chi connectivity index (χ1n) is 10.0. The van der Waals surface area contributed by atoms with Gasteiger partial charge in [-0.05, 0) is 49.1 Å². The van der Waals surface area contributed by atoms with Gasteiger partial charge in [-0.25, -0.2) is 0 Å². The fourth-order valence-corrected chi connectivity index (χ4v) is 3.92. The van der Waals surface area contributed by atoms with E-state index in [1.54, 1.807) is 24.3 Å². The molecule has 1 fully saturated rings. The van der Waals surface area contributed by atoms with Crippen molar-refractivity contribution in [1.29, 1.82) is 0 Å². The van der Waals surface area contributed by atoms with E-state index in [4.69, 9.17) is 11.6 Å². The molecule has 2 aliphatic rings. The van der Waals surface area contributed by atoms with Gasteiger partial charge in [0.15, 0.2) is 0 Å². The number of benzene rings is 2. The summed E-state index contributed by atoms with van der Waals surface area (Å²) >= 11 is 6.16. The summed E-state index contributed by atoms with van der Waals surface area (Å²) in [6.45, 7) is 1.83. The second-order valence-electron chi connectivity index (χ2n) is 7.39. The highest BCUT2D eigenvalue weighted by molar-refractivity contribution is 6.48. The molecule has 30 heavy (non-hydrogen) atoms. The van der Waals surface area contributed by atoms with E-state index in [0.717, 1.165) is 36.4 Å². The Morgan fingerprint density at radius 2 is 1.60 bits per heavy atom. The van der Waals surface area contributed by atoms with Crippen molar-refractivity contribution in [2.45, 2.75) is 19.3 Å². The lowest BCUT2D eigenvalue weighted by Gasteiger charge is -2.16. The number of imide groups is 1. The quantitative estimate of drug-likeness (QED) is 0.723. The Hall–Kier alpha value is -3.12. The van der Waals surface area contributed by atoms with Gasteiger partial charge in [0, 0.05) is 30.9 Å². The predicted octanol–water partition coefficient (Wildman–Crippen LogP) is 3.40. The van der Waals surface area contributed by atoms with E-state index < -0.39 is 11.8 Å². The highest BCUT2D eigenvalue weighted by Crippen LogP contribution is 2.26. The van der Waals surface area contributed by atoms with Crippen LogP contribution in [-0.2, 0) is 16.0 Å². The Morgan fingerprint density at radius 3 is 2.27 bits per heavy atom. The number of amides is 3. The Labute approximate surface area is 180 Å². The first-order valence-corrected chi connectivity index (χ1v) is 10.4. The zero-order valence-electron chi connectivity index (χ0n) is 16.4. The van der Waals surface area contributed by atoms with E-state index >= 15 is 0 Å². The van der Waals surface area contributed by atoms with Crippen molar-refractivity contribution in [3.63, 3.8) is 0 Å². The summed E-state index contributed by atoms with van der Waals surface area (Å²) in [6.07, 6.45) is 2.63. The fourth-order valence-electron chi connectivity index (χ4n) is 3.69. The van der Waals surface area contributed by atoms with Gasteiger partial charge in [0.1, 0.15) is 10.7 Å². The molecule has 0 aliphatic carbocycles. The van der Waals surface area contributed by atoms with Crippen LogP contribution < -0.4 is 5.32 Å². The van der Waals surface area contributed by atoms with Crippen molar-refractivity contribution in [2.24, 2.45) is 0 Å². The van der Waals surface area contributed by atoms with Crippen molar-refractivity contribution in [3.05, 3.63) is 76.5 Å². The van der Waals surface area contributed by atoms with Crippen LogP contribution in [0.3, 0.4) is 0 Å². The molecule has 2 aromatic rings. The molecule has 0 atom stereocenters. The van der Waals surface area contributed by atoms with E-state index in [1.165, 1.54) is 0 Å². The van der Waals surface area contributed by atoms with Gasteiger partial charge >= 0.3 is 0 Å². The number of hydrogen-bond donors (Lipinski definition) is 1. The number of carbonyl (C=O) groups is 3. The molecule has 154 valence electrons. The topological polar surface area (TPSA) is 69.7 Å². The number of hydrogen-bond acceptors (Lipinski definition) is 4. The van der Waals surface area contributed by atoms with Crippen LogP contribution in [0.25, 0.3) is 0 Å². The van der Waals surface area contributed by atoms with Crippen molar-refractivity contribution < 1.29 is 14.4 Å². The van der Waals surface area contributed by atoms with Crippen LogP contribution in [0.4, 0.5) is 5.69 Å². The van der Waals surface area contributed by atoms with Crippen molar-refractivity contribution in [2.75, 3.05) is 25.0 Å². The Bertz CT molecular complexity index is 996. The number of anilines is 1. The van der Waals surface area contributed by atoms with Crippen molar-refractivity contribution in [1.82, 2.24) is 9.80 Å². The molecule has 0 radical (unpaired) electrons. The summed E-state index contributed by atoms with van der Waals surface area (Å²) in [5.41, 5.74) is 2.29. The maximum Gasteiger partial charge on any atom is 0.278 e. The van der Waals surface area contributed by atoms with E-state index in [1.807, 2.05) is 35.2 Å². The molecule has 2 heterocycles. The fraction of sp³-hybridized carbons (Fsp3) is 0.261. The maximum absolute atomic E-state index is 12.7. The van der Waals surface area contributed by atoms with E-state index in [9.17, 15) is 14.4 Å². The smallest absolute Gasteiger partial charge is 0.278 e. The second-order valence-corrected chi connectivity index (χ2v) is 7.77. The van der Waals surface area contributed by atoms with Gasteiger partial charge in [0.2, 0.25) is 0 Å². The zero-order chi connectivity index (χ0) is 21.1. The van der Waals surface area contributed by atoms with Crippen LogP contribution in [0.5, 0.6) is 0 Å². The third kappa shape index (κ3) is 4.09. The monoisotopic (exact) mass is 423 g/mol. The number of nitrogens with one attached hydrogen (secondary N) is 1. The lowest BCUT2D eigenvalue weighted by atomic mass is 10.1. The van der Waals surface area contributed by atoms with Gasteiger partial charge in [0.25, 0.3) is 17.7 Å². The highest BCUT2D eigenvalue weighted by atomic mass is 35.5. The Balaban J connectivity index is 1.41. The minimum atomic E-state index is -0.499. The van der Waals surface area contributed by atoms with Crippen LogP contribution in [0.2, 0.25) is 0 Å². The molecule has 6 nitrogen and oxygen atoms in total. The number of carbonyl (C=O) groups excluding carboxylic acids is 3. The minimum Gasteiger partial charge on any atom is -0.350 e. The largest absolute Gasteiger partial charge is 0.350 e. The highest BCUT2D eigenvalue weighted by Gasteiger charge is 2.37. The average Bonchev–Trinajstić information content (AvgIpc) is 3.38. The summed E-state index contributed by atoms with van der Waals surface area (Å²) in [7, 11) is 0. The van der Waals surface area contributed by atoms with E-state index in [2.05, 4.69) is 5.32 Å². The number of rotatable bonds is 6. The Kier molecular flexibility index (Phi) is 5.86. The number of halogens is 1. The number of nitrogens with zero attached hydrogens (tertiary/aromatic N) is 2. The van der Waals surface area contributed by atoms with E-state index in [-0.39, 0.29) is 23.2 Å². The molecule has 1 N–H and O–H groups in total. The first-order chi connectivity index (χ1) is 14.5. The summed E-state index contributed by atoms with van der Waals surface area (Å²) in [4.78, 5) is 40.6. The minimum absolute atomic E-state index is 0.00973. The van der Waals surface area contributed by atoms with E-state index in [0.29, 0.717) is 17.7 Å². The molecule has 0 bridgehead atoms. The summed E-state index contributed by atoms with van der Waals surface area (Å²) in [5, 5.41) is 2.83. The SMILES string of the molecule is O=C(c1ccc(NC2=C(Cl)C(=O)N(CCc3ccccc3)C2=O)cc1)N1CCCC1. The molecule has 2 aromatic carbocycles. The maximum atomic E-state index is 12.7. The lowest BCUT2D eigenvalue weighted by molar-refractivity contribution is -0.137. The summed E-state index contributed by atoms with van der Waals surface area (Å²) in [6, 6.07) is 16.5.